The Morgan fingerprint density at radius 2 is 1.78 bits per heavy atom. The maximum Gasteiger partial charge on any atom is 0.162 e. The van der Waals surface area contributed by atoms with Crippen molar-refractivity contribution in [3.05, 3.63) is 34.9 Å². The zero-order valence-electron chi connectivity index (χ0n) is 10.3. The zero-order chi connectivity index (χ0) is 13.2. The number of alkyl halides is 1. The van der Waals surface area contributed by atoms with Gasteiger partial charge in [0, 0.05) is 12.0 Å². The van der Waals surface area contributed by atoms with Crippen molar-refractivity contribution >= 4 is 0 Å². The summed E-state index contributed by atoms with van der Waals surface area (Å²) in [4.78, 5) is 0. The summed E-state index contributed by atoms with van der Waals surface area (Å²) in [6, 6.07) is 2.36. The molecular formula is C14H18F3N. The van der Waals surface area contributed by atoms with Crippen molar-refractivity contribution in [1.82, 2.24) is 0 Å². The van der Waals surface area contributed by atoms with Gasteiger partial charge in [-0.25, -0.2) is 13.2 Å². The monoisotopic (exact) mass is 257 g/mol. The van der Waals surface area contributed by atoms with E-state index in [2.05, 4.69) is 0 Å². The molecule has 0 saturated heterocycles. The molecule has 1 aromatic rings. The number of hydrogen-bond donors (Lipinski definition) is 1. The predicted octanol–water partition coefficient (Wildman–Crippen LogP) is 3.59. The van der Waals surface area contributed by atoms with Gasteiger partial charge in [0.1, 0.15) is 6.67 Å². The minimum Gasteiger partial charge on any atom is -0.330 e. The van der Waals surface area contributed by atoms with Gasteiger partial charge in [0.25, 0.3) is 0 Å². The summed E-state index contributed by atoms with van der Waals surface area (Å²) in [6.45, 7) is -0.510. The lowest BCUT2D eigenvalue weighted by atomic mass is 9.69. The average Bonchev–Trinajstić information content (AvgIpc) is 2.42. The van der Waals surface area contributed by atoms with E-state index < -0.39 is 23.7 Å². The van der Waals surface area contributed by atoms with Crippen molar-refractivity contribution < 1.29 is 13.2 Å². The molecule has 0 aromatic heterocycles. The van der Waals surface area contributed by atoms with E-state index in [1.165, 1.54) is 6.07 Å². The number of rotatable bonds is 3. The Hall–Kier alpha value is -1.03. The first kappa shape index (κ1) is 13.4. The van der Waals surface area contributed by atoms with Crippen LogP contribution in [0.3, 0.4) is 0 Å². The van der Waals surface area contributed by atoms with Crippen molar-refractivity contribution in [2.24, 2.45) is 5.73 Å². The van der Waals surface area contributed by atoms with E-state index in [1.807, 2.05) is 0 Å². The van der Waals surface area contributed by atoms with E-state index in [4.69, 9.17) is 5.73 Å². The molecule has 18 heavy (non-hydrogen) atoms. The quantitative estimate of drug-likeness (QED) is 0.879. The molecule has 0 spiro atoms. The normalized spacial score (nSPS) is 18.9. The summed E-state index contributed by atoms with van der Waals surface area (Å²) in [5.41, 5.74) is 5.72. The smallest absolute Gasteiger partial charge is 0.162 e. The molecule has 0 bridgehead atoms. The maximum absolute atomic E-state index is 14.0. The fourth-order valence-electron chi connectivity index (χ4n) is 2.92. The van der Waals surface area contributed by atoms with Crippen LogP contribution in [-0.2, 0) is 12.1 Å². The Labute approximate surface area is 105 Å². The van der Waals surface area contributed by atoms with E-state index in [1.54, 1.807) is 0 Å². The van der Waals surface area contributed by atoms with Crippen molar-refractivity contribution in [1.29, 1.82) is 0 Å². The third kappa shape index (κ3) is 2.26. The zero-order valence-corrected chi connectivity index (χ0v) is 10.3. The fourth-order valence-corrected chi connectivity index (χ4v) is 2.92. The van der Waals surface area contributed by atoms with Crippen LogP contribution in [0.25, 0.3) is 0 Å². The molecule has 1 aromatic carbocycles. The lowest BCUT2D eigenvalue weighted by molar-refractivity contribution is 0.287. The first-order valence-corrected chi connectivity index (χ1v) is 6.37. The van der Waals surface area contributed by atoms with Gasteiger partial charge in [-0.15, -0.1) is 0 Å². The molecule has 100 valence electrons. The molecule has 4 heteroatoms. The van der Waals surface area contributed by atoms with Crippen LogP contribution in [0.4, 0.5) is 13.2 Å². The average molecular weight is 257 g/mol. The Bertz CT molecular complexity index is 425. The van der Waals surface area contributed by atoms with Gasteiger partial charge in [0.2, 0.25) is 0 Å². The second-order valence-corrected chi connectivity index (χ2v) is 5.12. The van der Waals surface area contributed by atoms with Gasteiger partial charge < -0.3 is 5.73 Å². The highest BCUT2D eigenvalue weighted by atomic mass is 19.2. The molecule has 1 saturated carbocycles. The van der Waals surface area contributed by atoms with Crippen LogP contribution in [0.1, 0.15) is 43.2 Å². The highest BCUT2D eigenvalue weighted by Crippen LogP contribution is 2.40. The van der Waals surface area contributed by atoms with E-state index in [0.717, 1.165) is 38.2 Å². The number of benzene rings is 1. The predicted molar refractivity (Wildman–Crippen MR) is 65.0 cm³/mol. The van der Waals surface area contributed by atoms with Crippen LogP contribution < -0.4 is 5.73 Å². The topological polar surface area (TPSA) is 26.0 Å². The van der Waals surface area contributed by atoms with Crippen molar-refractivity contribution in [2.45, 2.75) is 44.2 Å². The SMILES string of the molecule is NCC1(c2cc(CF)cc(F)c2F)CCCCC1. The number of halogens is 3. The Balaban J connectivity index is 2.50. The van der Waals surface area contributed by atoms with Crippen LogP contribution in [0.5, 0.6) is 0 Å². The molecule has 0 radical (unpaired) electrons. The van der Waals surface area contributed by atoms with Gasteiger partial charge in [-0.1, -0.05) is 19.3 Å². The van der Waals surface area contributed by atoms with E-state index >= 15 is 0 Å². The molecule has 2 rings (SSSR count). The molecule has 0 aliphatic heterocycles. The Morgan fingerprint density at radius 3 is 2.33 bits per heavy atom. The van der Waals surface area contributed by atoms with Crippen LogP contribution >= 0.6 is 0 Å². The minimum absolute atomic E-state index is 0.183. The molecule has 1 aliphatic carbocycles. The van der Waals surface area contributed by atoms with Crippen molar-refractivity contribution in [3.63, 3.8) is 0 Å². The molecular weight excluding hydrogens is 239 g/mol. The van der Waals surface area contributed by atoms with Gasteiger partial charge in [0.15, 0.2) is 11.6 Å². The van der Waals surface area contributed by atoms with Crippen LogP contribution in [0.2, 0.25) is 0 Å². The molecule has 2 N–H and O–H groups in total. The molecule has 0 amide bonds. The summed E-state index contributed by atoms with van der Waals surface area (Å²) < 4.78 is 40.2. The first-order valence-electron chi connectivity index (χ1n) is 6.37. The van der Waals surface area contributed by atoms with Gasteiger partial charge >= 0.3 is 0 Å². The van der Waals surface area contributed by atoms with Crippen molar-refractivity contribution in [2.75, 3.05) is 6.54 Å². The van der Waals surface area contributed by atoms with E-state index in [0.29, 0.717) is 0 Å². The Kier molecular flexibility index (Phi) is 3.95. The molecule has 1 aliphatic rings. The van der Waals surface area contributed by atoms with Gasteiger partial charge in [0.05, 0.1) is 0 Å². The van der Waals surface area contributed by atoms with Crippen LogP contribution in [0, 0.1) is 11.6 Å². The molecule has 0 heterocycles. The summed E-state index contributed by atoms with van der Waals surface area (Å²) >= 11 is 0. The lowest BCUT2D eigenvalue weighted by Gasteiger charge is -2.37. The van der Waals surface area contributed by atoms with Gasteiger partial charge in [-0.2, -0.15) is 0 Å². The van der Waals surface area contributed by atoms with E-state index in [9.17, 15) is 13.2 Å². The van der Waals surface area contributed by atoms with Crippen molar-refractivity contribution in [3.8, 4) is 0 Å². The van der Waals surface area contributed by atoms with Crippen LogP contribution in [0.15, 0.2) is 12.1 Å². The largest absolute Gasteiger partial charge is 0.330 e. The van der Waals surface area contributed by atoms with E-state index in [-0.39, 0.29) is 17.7 Å². The second kappa shape index (κ2) is 5.31. The number of hydrogen-bond acceptors (Lipinski definition) is 1. The molecule has 1 fully saturated rings. The highest BCUT2D eigenvalue weighted by Gasteiger charge is 2.36. The Morgan fingerprint density at radius 1 is 1.11 bits per heavy atom. The summed E-state index contributed by atoms with van der Waals surface area (Å²) in [5.74, 6) is -1.84. The third-order valence-electron chi connectivity index (χ3n) is 4.02. The highest BCUT2D eigenvalue weighted by molar-refractivity contribution is 5.33. The fraction of sp³-hybridized carbons (Fsp3) is 0.571. The minimum atomic E-state index is -0.974. The summed E-state index contributed by atoms with van der Waals surface area (Å²) in [6.07, 6.45) is 4.50. The molecule has 1 nitrogen and oxygen atoms in total. The molecule has 0 atom stereocenters. The third-order valence-corrected chi connectivity index (χ3v) is 4.02. The second-order valence-electron chi connectivity index (χ2n) is 5.12. The van der Waals surface area contributed by atoms with Gasteiger partial charge in [-0.05, 0) is 36.1 Å². The maximum atomic E-state index is 14.0. The number of nitrogens with two attached hydrogens (primary N) is 1. The summed E-state index contributed by atoms with van der Waals surface area (Å²) in [7, 11) is 0. The lowest BCUT2D eigenvalue weighted by Crippen LogP contribution is -2.38. The van der Waals surface area contributed by atoms with Gasteiger partial charge in [-0.3, -0.25) is 0 Å². The van der Waals surface area contributed by atoms with Crippen LogP contribution in [-0.4, -0.2) is 6.54 Å². The first-order chi connectivity index (χ1) is 8.63. The molecule has 0 unspecified atom stereocenters. The standard InChI is InChI=1S/C14H18F3N/c15-8-10-6-11(13(17)12(16)7-10)14(9-18)4-2-1-3-5-14/h6-7H,1-5,8-9,18H2. The summed E-state index contributed by atoms with van der Waals surface area (Å²) in [5, 5.41) is 0.